The minimum absolute atomic E-state index is 0.177. The Morgan fingerprint density at radius 2 is 1.86 bits per heavy atom. The van der Waals surface area contributed by atoms with Crippen molar-refractivity contribution >= 4 is 11.7 Å². The molecular weight excluding hydrogens is 350 g/mol. The molecule has 0 radical (unpaired) electrons. The summed E-state index contributed by atoms with van der Waals surface area (Å²) in [7, 11) is 0. The van der Waals surface area contributed by atoms with Crippen LogP contribution in [0.15, 0.2) is 79.3 Å². The second-order valence-corrected chi connectivity index (χ2v) is 6.68. The number of carbonyl (C=O) groups is 1. The molecule has 4 aromatic rings. The van der Waals surface area contributed by atoms with Crippen molar-refractivity contribution in [2.75, 3.05) is 5.32 Å². The number of anilines is 1. The molecule has 0 spiro atoms. The average molecular weight is 371 g/mol. The number of carbonyl (C=O) groups excluding carboxylic acids is 1. The third-order valence-electron chi connectivity index (χ3n) is 4.57. The van der Waals surface area contributed by atoms with E-state index in [1.807, 2.05) is 64.2 Å². The van der Waals surface area contributed by atoms with Crippen LogP contribution in [0.2, 0.25) is 0 Å². The molecule has 2 aromatic heterocycles. The first-order valence-corrected chi connectivity index (χ1v) is 9.13. The fourth-order valence-electron chi connectivity index (χ4n) is 3.06. The van der Waals surface area contributed by atoms with Gasteiger partial charge < -0.3 is 5.32 Å². The fraction of sp³-hybridized carbons (Fsp3) is 0.136. The minimum Gasteiger partial charge on any atom is -0.305 e. The number of aromatic nitrogens is 4. The monoisotopic (exact) mass is 371 g/mol. The Morgan fingerprint density at radius 3 is 2.68 bits per heavy atom. The van der Waals surface area contributed by atoms with Gasteiger partial charge in [0.05, 0.1) is 13.1 Å². The lowest BCUT2D eigenvalue weighted by Crippen LogP contribution is -2.13. The summed E-state index contributed by atoms with van der Waals surface area (Å²) in [5.41, 5.74) is 4.03. The maximum Gasteiger partial charge on any atom is 0.256 e. The molecule has 1 amide bonds. The zero-order valence-corrected chi connectivity index (χ0v) is 15.6. The van der Waals surface area contributed by atoms with E-state index in [-0.39, 0.29) is 5.91 Å². The third kappa shape index (κ3) is 4.17. The predicted molar refractivity (Wildman–Crippen MR) is 108 cm³/mol. The lowest BCUT2D eigenvalue weighted by molar-refractivity contribution is 0.102. The highest BCUT2D eigenvalue weighted by Crippen LogP contribution is 2.13. The highest BCUT2D eigenvalue weighted by atomic mass is 16.1. The van der Waals surface area contributed by atoms with Crippen molar-refractivity contribution in [3.63, 3.8) is 0 Å². The van der Waals surface area contributed by atoms with Crippen LogP contribution in [0.25, 0.3) is 0 Å². The standard InChI is InChI=1S/C22H21N5O/c1-17-6-2-3-8-20(17)16-27-13-10-21(25-27)24-22(28)19-9-4-7-18(14-19)15-26-12-5-11-23-26/h2-14H,15-16H2,1H3,(H,24,25,28). The van der Waals surface area contributed by atoms with E-state index in [0.29, 0.717) is 24.5 Å². The number of benzene rings is 2. The van der Waals surface area contributed by atoms with E-state index in [1.54, 1.807) is 12.3 Å². The van der Waals surface area contributed by atoms with Crippen LogP contribution in [0.1, 0.15) is 27.0 Å². The first-order valence-electron chi connectivity index (χ1n) is 9.13. The van der Waals surface area contributed by atoms with Crippen molar-refractivity contribution in [1.82, 2.24) is 19.6 Å². The molecule has 0 saturated carbocycles. The summed E-state index contributed by atoms with van der Waals surface area (Å²) in [4.78, 5) is 12.6. The molecule has 0 aliphatic rings. The van der Waals surface area contributed by atoms with E-state index in [9.17, 15) is 4.79 Å². The van der Waals surface area contributed by atoms with Gasteiger partial charge in [-0.15, -0.1) is 0 Å². The molecule has 0 unspecified atom stereocenters. The van der Waals surface area contributed by atoms with E-state index in [4.69, 9.17) is 0 Å². The largest absolute Gasteiger partial charge is 0.305 e. The predicted octanol–water partition coefficient (Wildman–Crippen LogP) is 3.74. The van der Waals surface area contributed by atoms with Gasteiger partial charge in [-0.3, -0.25) is 14.2 Å². The van der Waals surface area contributed by atoms with E-state index >= 15 is 0 Å². The zero-order chi connectivity index (χ0) is 19.3. The summed E-state index contributed by atoms with van der Waals surface area (Å²) < 4.78 is 3.65. The molecule has 6 heteroatoms. The molecule has 0 bridgehead atoms. The Morgan fingerprint density at radius 1 is 0.964 bits per heavy atom. The summed E-state index contributed by atoms with van der Waals surface area (Å²) in [5.74, 6) is 0.361. The van der Waals surface area contributed by atoms with Crippen molar-refractivity contribution in [3.8, 4) is 0 Å². The Labute approximate surface area is 163 Å². The van der Waals surface area contributed by atoms with Gasteiger partial charge in [0.25, 0.3) is 5.91 Å². The Balaban J connectivity index is 1.43. The molecule has 140 valence electrons. The molecule has 0 saturated heterocycles. The molecule has 2 heterocycles. The molecular formula is C22H21N5O. The van der Waals surface area contributed by atoms with Gasteiger partial charge in [-0.1, -0.05) is 36.4 Å². The normalized spacial score (nSPS) is 10.8. The minimum atomic E-state index is -0.177. The first kappa shape index (κ1) is 17.7. The second-order valence-electron chi connectivity index (χ2n) is 6.68. The van der Waals surface area contributed by atoms with Crippen molar-refractivity contribution in [2.45, 2.75) is 20.0 Å². The van der Waals surface area contributed by atoms with Crippen molar-refractivity contribution in [2.24, 2.45) is 0 Å². The lowest BCUT2D eigenvalue weighted by Gasteiger charge is -2.07. The Bertz CT molecular complexity index is 1080. The van der Waals surface area contributed by atoms with E-state index in [1.165, 1.54) is 11.1 Å². The fourth-order valence-corrected chi connectivity index (χ4v) is 3.06. The maximum atomic E-state index is 12.6. The van der Waals surface area contributed by atoms with Crippen LogP contribution in [0, 0.1) is 6.92 Å². The number of nitrogens with one attached hydrogen (secondary N) is 1. The molecule has 6 nitrogen and oxygen atoms in total. The van der Waals surface area contributed by atoms with Gasteiger partial charge >= 0.3 is 0 Å². The van der Waals surface area contributed by atoms with Crippen LogP contribution in [-0.2, 0) is 13.1 Å². The van der Waals surface area contributed by atoms with Crippen LogP contribution < -0.4 is 5.32 Å². The number of nitrogens with zero attached hydrogens (tertiary/aromatic N) is 4. The van der Waals surface area contributed by atoms with Gasteiger partial charge in [0.15, 0.2) is 5.82 Å². The van der Waals surface area contributed by atoms with E-state index in [0.717, 1.165) is 5.56 Å². The quantitative estimate of drug-likeness (QED) is 0.562. The van der Waals surface area contributed by atoms with E-state index in [2.05, 4.69) is 34.6 Å². The smallest absolute Gasteiger partial charge is 0.256 e. The van der Waals surface area contributed by atoms with Gasteiger partial charge in [0, 0.05) is 30.2 Å². The van der Waals surface area contributed by atoms with Gasteiger partial charge in [-0.2, -0.15) is 10.2 Å². The number of aryl methyl sites for hydroxylation is 1. The number of hydrogen-bond donors (Lipinski definition) is 1. The van der Waals surface area contributed by atoms with Crippen LogP contribution in [0.5, 0.6) is 0 Å². The third-order valence-corrected chi connectivity index (χ3v) is 4.57. The second kappa shape index (κ2) is 7.92. The van der Waals surface area contributed by atoms with Crippen LogP contribution in [-0.4, -0.2) is 25.5 Å². The summed E-state index contributed by atoms with van der Waals surface area (Å²) in [6, 6.07) is 19.4. The van der Waals surface area contributed by atoms with E-state index < -0.39 is 0 Å². The summed E-state index contributed by atoms with van der Waals surface area (Å²) >= 11 is 0. The lowest BCUT2D eigenvalue weighted by atomic mass is 10.1. The van der Waals surface area contributed by atoms with Crippen LogP contribution in [0.4, 0.5) is 5.82 Å². The van der Waals surface area contributed by atoms with Gasteiger partial charge in [-0.05, 0) is 41.8 Å². The number of rotatable bonds is 6. The first-order chi connectivity index (χ1) is 13.7. The van der Waals surface area contributed by atoms with Crippen molar-refractivity contribution < 1.29 is 4.79 Å². The van der Waals surface area contributed by atoms with Gasteiger partial charge in [0.2, 0.25) is 0 Å². The number of hydrogen-bond acceptors (Lipinski definition) is 3. The molecule has 4 rings (SSSR count). The molecule has 0 aliphatic heterocycles. The van der Waals surface area contributed by atoms with Gasteiger partial charge in [-0.25, -0.2) is 0 Å². The average Bonchev–Trinajstić information content (AvgIpc) is 3.36. The summed E-state index contributed by atoms with van der Waals surface area (Å²) in [6.45, 7) is 3.37. The molecule has 0 fully saturated rings. The Hall–Kier alpha value is -3.67. The molecule has 0 atom stereocenters. The molecule has 2 aromatic carbocycles. The Kier molecular flexibility index (Phi) is 5.01. The van der Waals surface area contributed by atoms with Crippen molar-refractivity contribution in [1.29, 1.82) is 0 Å². The molecule has 28 heavy (non-hydrogen) atoms. The van der Waals surface area contributed by atoms with Gasteiger partial charge in [0.1, 0.15) is 0 Å². The number of amides is 1. The zero-order valence-electron chi connectivity index (χ0n) is 15.6. The van der Waals surface area contributed by atoms with Crippen LogP contribution >= 0.6 is 0 Å². The summed E-state index contributed by atoms with van der Waals surface area (Å²) in [6.07, 6.45) is 5.51. The highest BCUT2D eigenvalue weighted by molar-refractivity contribution is 6.03. The topological polar surface area (TPSA) is 64.7 Å². The van der Waals surface area contributed by atoms with Crippen LogP contribution in [0.3, 0.4) is 0 Å². The summed E-state index contributed by atoms with van der Waals surface area (Å²) in [5, 5.41) is 11.5. The SMILES string of the molecule is Cc1ccccc1Cn1ccc(NC(=O)c2cccc(Cn3cccn3)c2)n1. The van der Waals surface area contributed by atoms with Crippen molar-refractivity contribution in [3.05, 3.63) is 102 Å². The maximum absolute atomic E-state index is 12.6. The highest BCUT2D eigenvalue weighted by Gasteiger charge is 2.09. The molecule has 1 N–H and O–H groups in total. The molecule has 0 aliphatic carbocycles.